The van der Waals surface area contributed by atoms with E-state index in [1.54, 1.807) is 0 Å². The summed E-state index contributed by atoms with van der Waals surface area (Å²) < 4.78 is 2.01. The second kappa shape index (κ2) is 10.7. The van der Waals surface area contributed by atoms with E-state index in [-0.39, 0.29) is 28.7 Å². The largest absolute Gasteiger partial charge is 0.325 e. The van der Waals surface area contributed by atoms with E-state index >= 15 is 0 Å². The standard InChI is InChI=1S/C32H37N3O2S/c1-22-11-10-13-24(19-22)33-27(36)21-38-31-34-29-26-16-7-6-12-23(26)20-32(17-8-3-9-18-32)28(29)30(37)35(31)25-14-4-2-5-15-25/h6-7,10-13,16,19,25H,2-5,8-9,14-15,17-18,20-21H2,1H3,(H,33,36). The van der Waals surface area contributed by atoms with Crippen molar-refractivity contribution in [3.05, 3.63) is 75.6 Å². The number of hydrogen-bond acceptors (Lipinski definition) is 4. The molecule has 0 saturated heterocycles. The highest BCUT2D eigenvalue weighted by molar-refractivity contribution is 7.99. The molecule has 5 nitrogen and oxygen atoms in total. The fourth-order valence-electron chi connectivity index (χ4n) is 7.01. The van der Waals surface area contributed by atoms with E-state index in [1.807, 2.05) is 35.8 Å². The Balaban J connectivity index is 1.42. The molecule has 0 bridgehead atoms. The summed E-state index contributed by atoms with van der Waals surface area (Å²) in [4.78, 5) is 32.8. The lowest BCUT2D eigenvalue weighted by atomic mass is 9.62. The van der Waals surface area contributed by atoms with Crippen molar-refractivity contribution in [1.29, 1.82) is 0 Å². The maximum atomic E-state index is 14.6. The predicted molar refractivity (Wildman–Crippen MR) is 155 cm³/mol. The molecule has 1 aromatic heterocycles. The van der Waals surface area contributed by atoms with Crippen molar-refractivity contribution in [1.82, 2.24) is 9.55 Å². The molecule has 6 heteroatoms. The normalized spacial score (nSPS) is 18.6. The van der Waals surface area contributed by atoms with E-state index in [9.17, 15) is 9.59 Å². The van der Waals surface area contributed by atoms with Crippen LogP contribution < -0.4 is 10.9 Å². The third-order valence-corrected chi connectivity index (χ3v) is 9.75. The number of anilines is 1. The first-order valence-corrected chi connectivity index (χ1v) is 15.3. The third kappa shape index (κ3) is 4.84. The molecule has 3 aliphatic carbocycles. The number of aromatic nitrogens is 2. The maximum Gasteiger partial charge on any atom is 0.258 e. The first-order valence-electron chi connectivity index (χ1n) is 14.3. The molecule has 1 heterocycles. The van der Waals surface area contributed by atoms with E-state index in [4.69, 9.17) is 4.98 Å². The zero-order chi connectivity index (χ0) is 26.1. The van der Waals surface area contributed by atoms with Crippen LogP contribution in [-0.4, -0.2) is 21.2 Å². The summed E-state index contributed by atoms with van der Waals surface area (Å²) >= 11 is 1.41. The van der Waals surface area contributed by atoms with Crippen molar-refractivity contribution in [2.75, 3.05) is 11.1 Å². The molecule has 38 heavy (non-hydrogen) atoms. The molecule has 0 atom stereocenters. The van der Waals surface area contributed by atoms with Gasteiger partial charge < -0.3 is 5.32 Å². The number of carbonyl (C=O) groups is 1. The molecule has 3 aromatic rings. The van der Waals surface area contributed by atoms with Gasteiger partial charge in [0.05, 0.1) is 17.0 Å². The number of carbonyl (C=O) groups excluding carboxylic acids is 1. The Morgan fingerprint density at radius 2 is 1.79 bits per heavy atom. The van der Waals surface area contributed by atoms with Crippen molar-refractivity contribution in [2.24, 2.45) is 0 Å². The summed E-state index contributed by atoms with van der Waals surface area (Å²) in [5.41, 5.74) is 6.16. The smallest absolute Gasteiger partial charge is 0.258 e. The van der Waals surface area contributed by atoms with Gasteiger partial charge in [0.15, 0.2) is 5.16 Å². The molecule has 1 amide bonds. The Hall–Kier alpha value is -2.86. The number of nitrogens with zero attached hydrogens (tertiary/aromatic N) is 2. The molecule has 2 aromatic carbocycles. The number of hydrogen-bond donors (Lipinski definition) is 1. The summed E-state index contributed by atoms with van der Waals surface area (Å²) in [7, 11) is 0. The van der Waals surface area contributed by atoms with Gasteiger partial charge in [-0.25, -0.2) is 4.98 Å². The Bertz CT molecular complexity index is 1400. The van der Waals surface area contributed by atoms with Crippen LogP contribution in [0.5, 0.6) is 0 Å². The van der Waals surface area contributed by atoms with E-state index in [1.165, 1.54) is 43.0 Å². The molecule has 3 aliphatic rings. The number of thioether (sulfide) groups is 1. The Morgan fingerprint density at radius 1 is 1.03 bits per heavy atom. The Morgan fingerprint density at radius 3 is 2.58 bits per heavy atom. The molecular weight excluding hydrogens is 490 g/mol. The van der Waals surface area contributed by atoms with Crippen molar-refractivity contribution in [3.63, 3.8) is 0 Å². The van der Waals surface area contributed by atoms with Crippen LogP contribution in [0.4, 0.5) is 5.69 Å². The van der Waals surface area contributed by atoms with E-state index in [2.05, 4.69) is 29.6 Å². The van der Waals surface area contributed by atoms with Crippen LogP contribution in [0.15, 0.2) is 58.5 Å². The van der Waals surface area contributed by atoms with E-state index in [0.29, 0.717) is 5.16 Å². The lowest BCUT2D eigenvalue weighted by Gasteiger charge is -2.42. The van der Waals surface area contributed by atoms with E-state index < -0.39 is 0 Å². The lowest BCUT2D eigenvalue weighted by molar-refractivity contribution is -0.113. The number of aryl methyl sites for hydroxylation is 1. The van der Waals surface area contributed by atoms with Crippen LogP contribution in [0.3, 0.4) is 0 Å². The maximum absolute atomic E-state index is 14.6. The highest BCUT2D eigenvalue weighted by Crippen LogP contribution is 2.49. The quantitative estimate of drug-likeness (QED) is 0.281. The lowest BCUT2D eigenvalue weighted by Crippen LogP contribution is -2.44. The van der Waals surface area contributed by atoms with Gasteiger partial charge in [0.2, 0.25) is 5.91 Å². The molecule has 0 unspecified atom stereocenters. The van der Waals surface area contributed by atoms with Crippen LogP contribution in [0.1, 0.15) is 86.9 Å². The second-order valence-corrected chi connectivity index (χ2v) is 12.4. The third-order valence-electron chi connectivity index (χ3n) is 8.80. The summed E-state index contributed by atoms with van der Waals surface area (Å²) in [6.07, 6.45) is 12.1. The molecule has 0 radical (unpaired) electrons. The number of nitrogens with one attached hydrogen (secondary N) is 1. The van der Waals surface area contributed by atoms with E-state index in [0.717, 1.165) is 73.0 Å². The molecule has 6 rings (SSSR count). The molecule has 1 N–H and O–H groups in total. The van der Waals surface area contributed by atoms with Crippen molar-refractivity contribution < 1.29 is 4.79 Å². The zero-order valence-electron chi connectivity index (χ0n) is 22.3. The first kappa shape index (κ1) is 25.4. The highest BCUT2D eigenvalue weighted by atomic mass is 32.2. The predicted octanol–water partition coefficient (Wildman–Crippen LogP) is 7.21. The number of fused-ring (bicyclic) bond motifs is 4. The van der Waals surface area contributed by atoms with Gasteiger partial charge in [-0.05, 0) is 62.3 Å². The topological polar surface area (TPSA) is 64.0 Å². The van der Waals surface area contributed by atoms with Crippen LogP contribution in [0.25, 0.3) is 11.3 Å². The van der Waals surface area contributed by atoms with Crippen LogP contribution >= 0.6 is 11.8 Å². The zero-order valence-corrected chi connectivity index (χ0v) is 23.1. The molecule has 0 aliphatic heterocycles. The average Bonchev–Trinajstić information content (AvgIpc) is 2.93. The second-order valence-electron chi connectivity index (χ2n) is 11.5. The minimum absolute atomic E-state index is 0.0769. The summed E-state index contributed by atoms with van der Waals surface area (Å²) in [6, 6.07) is 16.5. The minimum atomic E-state index is -0.117. The number of benzene rings is 2. The van der Waals surface area contributed by atoms with Gasteiger partial charge >= 0.3 is 0 Å². The van der Waals surface area contributed by atoms with Gasteiger partial charge in [0.1, 0.15) is 0 Å². The van der Waals surface area contributed by atoms with Gasteiger partial charge in [-0.2, -0.15) is 0 Å². The van der Waals surface area contributed by atoms with Crippen molar-refractivity contribution in [3.8, 4) is 11.3 Å². The number of rotatable bonds is 5. The van der Waals surface area contributed by atoms with Gasteiger partial charge in [0, 0.05) is 22.7 Å². The first-order chi connectivity index (χ1) is 18.5. The fraction of sp³-hybridized carbons (Fsp3) is 0.469. The summed E-state index contributed by atoms with van der Waals surface area (Å²) in [6.45, 7) is 2.02. The Kier molecular flexibility index (Phi) is 7.17. The van der Waals surface area contributed by atoms with Gasteiger partial charge in [-0.15, -0.1) is 0 Å². The van der Waals surface area contributed by atoms with Gasteiger partial charge in [-0.1, -0.05) is 86.7 Å². The Labute approximate surface area is 229 Å². The van der Waals surface area contributed by atoms with Gasteiger partial charge in [0.25, 0.3) is 5.56 Å². The number of amides is 1. The molecule has 198 valence electrons. The molecule has 2 saturated carbocycles. The SMILES string of the molecule is Cc1cccc(NC(=O)CSc2nc3c(c(=O)n2C2CCCCC2)C2(CCCCC2)Cc2ccccc2-3)c1. The summed E-state index contributed by atoms with van der Waals surface area (Å²) in [5.74, 6) is 0.144. The highest BCUT2D eigenvalue weighted by Gasteiger charge is 2.44. The molecular formula is C32H37N3O2S. The fourth-order valence-corrected chi connectivity index (χ4v) is 7.87. The van der Waals surface area contributed by atoms with Crippen molar-refractivity contribution in [2.45, 2.75) is 94.2 Å². The van der Waals surface area contributed by atoms with Crippen LogP contribution in [0.2, 0.25) is 0 Å². The molecule has 1 spiro atoms. The van der Waals surface area contributed by atoms with Gasteiger partial charge in [-0.3, -0.25) is 14.2 Å². The summed E-state index contributed by atoms with van der Waals surface area (Å²) in [5, 5.41) is 3.71. The van der Waals surface area contributed by atoms with Crippen LogP contribution in [0, 0.1) is 6.92 Å². The van der Waals surface area contributed by atoms with Crippen LogP contribution in [-0.2, 0) is 16.6 Å². The average molecular weight is 528 g/mol. The monoisotopic (exact) mass is 527 g/mol. The molecule has 2 fully saturated rings. The minimum Gasteiger partial charge on any atom is -0.325 e. The van der Waals surface area contributed by atoms with Crippen molar-refractivity contribution >= 4 is 23.4 Å².